The molecule has 0 fully saturated rings. The van der Waals surface area contributed by atoms with E-state index in [1.165, 1.54) is 0 Å². The predicted molar refractivity (Wildman–Crippen MR) is 59.8 cm³/mol. The van der Waals surface area contributed by atoms with Gasteiger partial charge in [-0.05, 0) is 24.0 Å². The van der Waals surface area contributed by atoms with E-state index >= 15 is 0 Å². The number of hydrogen-bond acceptors (Lipinski definition) is 3. The van der Waals surface area contributed by atoms with Gasteiger partial charge in [0.15, 0.2) is 11.5 Å². The zero-order valence-corrected chi connectivity index (χ0v) is 8.55. The molecule has 0 unspecified atom stereocenters. The summed E-state index contributed by atoms with van der Waals surface area (Å²) in [7, 11) is 0. The molecule has 0 saturated carbocycles. The molecule has 3 heteroatoms. The fourth-order valence-corrected chi connectivity index (χ4v) is 0.916. The highest BCUT2D eigenvalue weighted by atomic mass is 16.3. The van der Waals surface area contributed by atoms with E-state index in [2.05, 4.69) is 23.7 Å². The molecule has 1 rings (SSSR count). The summed E-state index contributed by atoms with van der Waals surface area (Å²) in [4.78, 5) is 0. The van der Waals surface area contributed by atoms with E-state index in [0.717, 1.165) is 0 Å². The first kappa shape index (κ1) is 11.4. The van der Waals surface area contributed by atoms with Crippen LogP contribution in [-0.4, -0.2) is 13.1 Å². The third-order valence-corrected chi connectivity index (χ3v) is 1.57. The van der Waals surface area contributed by atoms with Gasteiger partial charge in [0.2, 0.25) is 0 Å². The van der Waals surface area contributed by atoms with E-state index in [1.807, 2.05) is 0 Å². The summed E-state index contributed by atoms with van der Waals surface area (Å²) in [6.45, 7) is 1.13. The van der Waals surface area contributed by atoms with Gasteiger partial charge in [-0.15, -0.1) is 0 Å². The first-order valence-corrected chi connectivity index (χ1v) is 4.84. The Morgan fingerprint density at radius 2 is 1.40 bits per heavy atom. The lowest BCUT2D eigenvalue weighted by molar-refractivity contribution is 0.542. The lowest BCUT2D eigenvalue weighted by Crippen LogP contribution is -1.95. The van der Waals surface area contributed by atoms with Gasteiger partial charge in [-0.3, -0.25) is 0 Å². The van der Waals surface area contributed by atoms with Gasteiger partial charge in [-0.2, -0.15) is 0 Å². The van der Waals surface area contributed by atoms with E-state index in [1.54, 1.807) is 12.1 Å². The maximum Gasteiger partial charge on any atom is 0.178 e. The topological polar surface area (TPSA) is 65.2 Å². The molecule has 0 bridgehead atoms. The van der Waals surface area contributed by atoms with Crippen LogP contribution in [0.5, 0.6) is 0 Å². The van der Waals surface area contributed by atoms with Crippen LogP contribution < -0.4 is 11.5 Å². The summed E-state index contributed by atoms with van der Waals surface area (Å²) in [5, 5.41) is 0. The Balaban J connectivity index is 2.58. The van der Waals surface area contributed by atoms with Crippen molar-refractivity contribution < 1.29 is 4.42 Å². The molecule has 0 aliphatic rings. The third kappa shape index (κ3) is 4.37. The van der Waals surface area contributed by atoms with Crippen molar-refractivity contribution in [3.8, 4) is 23.7 Å². The molecular weight excluding hydrogens is 188 g/mol. The molecule has 1 aromatic rings. The first-order chi connectivity index (χ1) is 7.36. The van der Waals surface area contributed by atoms with Crippen LogP contribution in [0, 0.1) is 23.7 Å². The van der Waals surface area contributed by atoms with Crippen LogP contribution in [0.3, 0.4) is 0 Å². The zero-order chi connectivity index (χ0) is 10.9. The summed E-state index contributed by atoms with van der Waals surface area (Å²) in [6.07, 6.45) is 1.35. The minimum absolute atomic E-state index is 0.566. The summed E-state index contributed by atoms with van der Waals surface area (Å²) in [6, 6.07) is 3.60. The van der Waals surface area contributed by atoms with Gasteiger partial charge in [0.05, 0.1) is 0 Å². The van der Waals surface area contributed by atoms with Crippen molar-refractivity contribution in [3.05, 3.63) is 23.7 Å². The zero-order valence-electron chi connectivity index (χ0n) is 8.55. The fourth-order valence-electron chi connectivity index (χ4n) is 0.916. The standard InChI is InChI=1S/C12H14N2O/c13-9-3-1-5-11-7-8-12(15-11)6-2-4-10-14/h7-8H,3-4,9-10,13-14H2. The van der Waals surface area contributed by atoms with E-state index in [-0.39, 0.29) is 0 Å². The Labute approximate surface area is 89.8 Å². The van der Waals surface area contributed by atoms with Gasteiger partial charge in [0.1, 0.15) is 0 Å². The highest BCUT2D eigenvalue weighted by Crippen LogP contribution is 2.04. The van der Waals surface area contributed by atoms with Gasteiger partial charge in [0.25, 0.3) is 0 Å². The summed E-state index contributed by atoms with van der Waals surface area (Å²) in [5.41, 5.74) is 10.6. The molecule has 0 saturated heterocycles. The molecule has 0 spiro atoms. The maximum absolute atomic E-state index is 5.35. The van der Waals surface area contributed by atoms with Crippen LogP contribution in [0.25, 0.3) is 0 Å². The summed E-state index contributed by atoms with van der Waals surface area (Å²) >= 11 is 0. The highest BCUT2D eigenvalue weighted by molar-refractivity contribution is 5.32. The smallest absolute Gasteiger partial charge is 0.178 e. The molecule has 1 heterocycles. The second-order valence-electron chi connectivity index (χ2n) is 2.84. The van der Waals surface area contributed by atoms with E-state index in [0.29, 0.717) is 37.5 Å². The summed E-state index contributed by atoms with van der Waals surface area (Å²) < 4.78 is 5.35. The highest BCUT2D eigenvalue weighted by Gasteiger charge is 1.94. The van der Waals surface area contributed by atoms with Gasteiger partial charge in [-0.1, -0.05) is 11.8 Å². The molecule has 15 heavy (non-hydrogen) atoms. The second kappa shape index (κ2) is 6.73. The van der Waals surface area contributed by atoms with Gasteiger partial charge in [0, 0.05) is 25.9 Å². The number of nitrogens with two attached hydrogens (primary N) is 2. The van der Waals surface area contributed by atoms with E-state index in [4.69, 9.17) is 15.9 Å². The Morgan fingerprint density at radius 3 is 1.80 bits per heavy atom. The van der Waals surface area contributed by atoms with Crippen molar-refractivity contribution in [3.63, 3.8) is 0 Å². The first-order valence-electron chi connectivity index (χ1n) is 4.84. The molecule has 0 aliphatic heterocycles. The largest absolute Gasteiger partial charge is 0.439 e. The van der Waals surface area contributed by atoms with E-state index < -0.39 is 0 Å². The molecule has 0 aliphatic carbocycles. The SMILES string of the molecule is NCCC#Cc1ccc(C#CCCN)o1. The number of furan rings is 1. The average molecular weight is 202 g/mol. The van der Waals surface area contributed by atoms with Crippen molar-refractivity contribution in [1.29, 1.82) is 0 Å². The molecule has 4 N–H and O–H groups in total. The van der Waals surface area contributed by atoms with Crippen LogP contribution in [0.4, 0.5) is 0 Å². The van der Waals surface area contributed by atoms with Gasteiger partial charge in [-0.25, -0.2) is 0 Å². The monoisotopic (exact) mass is 202 g/mol. The van der Waals surface area contributed by atoms with Crippen molar-refractivity contribution in [1.82, 2.24) is 0 Å². The molecule has 0 aromatic carbocycles. The van der Waals surface area contributed by atoms with Crippen LogP contribution >= 0.6 is 0 Å². The Bertz CT molecular complexity index is 374. The number of hydrogen-bond donors (Lipinski definition) is 2. The number of rotatable bonds is 2. The maximum atomic E-state index is 5.35. The average Bonchev–Trinajstić information content (AvgIpc) is 2.67. The van der Waals surface area contributed by atoms with Gasteiger partial charge < -0.3 is 15.9 Å². The molecule has 1 aromatic heterocycles. The van der Waals surface area contributed by atoms with E-state index in [9.17, 15) is 0 Å². The summed E-state index contributed by atoms with van der Waals surface area (Å²) in [5.74, 6) is 12.8. The fraction of sp³-hybridized carbons (Fsp3) is 0.333. The van der Waals surface area contributed by atoms with Crippen LogP contribution in [0.2, 0.25) is 0 Å². The lowest BCUT2D eigenvalue weighted by Gasteiger charge is -1.81. The molecule has 0 atom stereocenters. The van der Waals surface area contributed by atoms with Crippen LogP contribution in [0.15, 0.2) is 16.5 Å². The van der Waals surface area contributed by atoms with Crippen LogP contribution in [0.1, 0.15) is 24.4 Å². The van der Waals surface area contributed by atoms with Crippen molar-refractivity contribution >= 4 is 0 Å². The second-order valence-corrected chi connectivity index (χ2v) is 2.84. The lowest BCUT2D eigenvalue weighted by atomic mass is 10.3. The van der Waals surface area contributed by atoms with Crippen molar-refractivity contribution in [2.24, 2.45) is 11.5 Å². The predicted octanol–water partition coefficient (Wildman–Crippen LogP) is 0.680. The van der Waals surface area contributed by atoms with Crippen LogP contribution in [-0.2, 0) is 0 Å². The Kier molecular flexibility index (Phi) is 5.11. The molecule has 78 valence electrons. The van der Waals surface area contributed by atoms with Crippen molar-refractivity contribution in [2.45, 2.75) is 12.8 Å². The molecule has 0 amide bonds. The van der Waals surface area contributed by atoms with Gasteiger partial charge >= 0.3 is 0 Å². The normalized spacial score (nSPS) is 8.67. The molecule has 0 radical (unpaired) electrons. The Morgan fingerprint density at radius 1 is 0.933 bits per heavy atom. The molecule has 3 nitrogen and oxygen atoms in total. The molecular formula is C12H14N2O. The minimum Gasteiger partial charge on any atom is -0.439 e. The Hall–Kier alpha value is -1.68. The quantitative estimate of drug-likeness (QED) is 0.693. The van der Waals surface area contributed by atoms with Crippen molar-refractivity contribution in [2.75, 3.05) is 13.1 Å². The third-order valence-electron chi connectivity index (χ3n) is 1.57. The minimum atomic E-state index is 0.566.